The van der Waals surface area contributed by atoms with Gasteiger partial charge in [0, 0.05) is 10.5 Å². The van der Waals surface area contributed by atoms with Gasteiger partial charge < -0.3 is 4.52 Å². The summed E-state index contributed by atoms with van der Waals surface area (Å²) in [5.74, 6) is 0.553. The average Bonchev–Trinajstić information content (AvgIpc) is 2.77. The Bertz CT molecular complexity index is 512. The summed E-state index contributed by atoms with van der Waals surface area (Å²) in [7, 11) is 0. The fraction of sp³-hybridized carbons (Fsp3) is 0.0909. The van der Waals surface area contributed by atoms with Gasteiger partial charge in [-0.25, -0.2) is 0 Å². The smallest absolute Gasteiger partial charge is 0.171 e. The number of rotatable bonds is 3. The van der Waals surface area contributed by atoms with Crippen LogP contribution >= 0.6 is 28.6 Å². The van der Waals surface area contributed by atoms with Gasteiger partial charge in [0.05, 0.1) is 5.25 Å². The third-order valence-electron chi connectivity index (χ3n) is 2.14. The number of hydrogen-bond donors (Lipinski definition) is 1. The van der Waals surface area contributed by atoms with Crippen molar-refractivity contribution in [3.63, 3.8) is 0 Å². The van der Waals surface area contributed by atoms with Crippen molar-refractivity contribution < 1.29 is 9.32 Å². The zero-order chi connectivity index (χ0) is 11.5. The number of halogens is 1. The predicted octanol–water partition coefficient (Wildman–Crippen LogP) is 3.27. The topological polar surface area (TPSA) is 43.1 Å². The summed E-state index contributed by atoms with van der Waals surface area (Å²) in [6.07, 6.45) is 0.646. The van der Waals surface area contributed by atoms with Crippen LogP contribution in [0.2, 0.25) is 0 Å². The molecule has 2 aromatic rings. The lowest BCUT2D eigenvalue weighted by Crippen LogP contribution is -1.92. The van der Waals surface area contributed by atoms with Crippen LogP contribution in [-0.2, 0) is 0 Å². The maximum absolute atomic E-state index is 10.5. The van der Waals surface area contributed by atoms with Crippen LogP contribution < -0.4 is 0 Å². The molecule has 1 heterocycles. The van der Waals surface area contributed by atoms with Crippen molar-refractivity contribution in [2.24, 2.45) is 0 Å². The molecule has 1 aromatic carbocycles. The van der Waals surface area contributed by atoms with Gasteiger partial charge in [0.25, 0.3) is 0 Å². The highest BCUT2D eigenvalue weighted by molar-refractivity contribution is 9.10. The number of thiol groups is 1. The van der Waals surface area contributed by atoms with E-state index in [-0.39, 0.29) is 10.9 Å². The molecule has 5 heteroatoms. The Morgan fingerprint density at radius 1 is 1.44 bits per heavy atom. The van der Waals surface area contributed by atoms with Crippen molar-refractivity contribution in [2.75, 3.05) is 0 Å². The number of aldehydes is 1. The average molecular weight is 298 g/mol. The van der Waals surface area contributed by atoms with Crippen LogP contribution in [0.4, 0.5) is 0 Å². The van der Waals surface area contributed by atoms with Gasteiger partial charge in [-0.1, -0.05) is 39.3 Å². The minimum absolute atomic E-state index is 0.239. The molecule has 1 atom stereocenters. The Morgan fingerprint density at radius 3 is 2.81 bits per heavy atom. The first kappa shape index (κ1) is 11.4. The molecule has 0 spiro atoms. The van der Waals surface area contributed by atoms with Crippen LogP contribution in [0.1, 0.15) is 27.1 Å². The minimum atomic E-state index is -0.239. The molecule has 82 valence electrons. The van der Waals surface area contributed by atoms with Crippen LogP contribution in [0.5, 0.6) is 0 Å². The number of hydrogen-bond acceptors (Lipinski definition) is 4. The lowest BCUT2D eigenvalue weighted by atomic mass is 10.1. The summed E-state index contributed by atoms with van der Waals surface area (Å²) in [5, 5.41) is 3.36. The number of nitrogens with zero attached hydrogens (tertiary/aromatic N) is 1. The van der Waals surface area contributed by atoms with Crippen LogP contribution in [0.25, 0.3) is 0 Å². The summed E-state index contributed by atoms with van der Waals surface area (Å²) in [6, 6.07) is 9.29. The molecular formula is C11H8BrNO2S. The highest BCUT2D eigenvalue weighted by Gasteiger charge is 2.17. The van der Waals surface area contributed by atoms with E-state index in [0.717, 1.165) is 10.0 Å². The summed E-state index contributed by atoms with van der Waals surface area (Å²) >= 11 is 7.89. The molecule has 0 aliphatic carbocycles. The summed E-state index contributed by atoms with van der Waals surface area (Å²) in [5.41, 5.74) is 1.25. The second-order valence-electron chi connectivity index (χ2n) is 3.20. The van der Waals surface area contributed by atoms with Crippen molar-refractivity contribution in [2.45, 2.75) is 5.25 Å². The maximum Gasteiger partial charge on any atom is 0.171 e. The largest absolute Gasteiger partial charge is 0.359 e. The van der Waals surface area contributed by atoms with Crippen LogP contribution in [-0.4, -0.2) is 11.4 Å². The molecule has 0 saturated heterocycles. The van der Waals surface area contributed by atoms with Crippen molar-refractivity contribution in [3.05, 3.63) is 51.8 Å². The van der Waals surface area contributed by atoms with E-state index >= 15 is 0 Å². The molecule has 0 amide bonds. The van der Waals surface area contributed by atoms with Gasteiger partial charge >= 0.3 is 0 Å². The summed E-state index contributed by atoms with van der Waals surface area (Å²) in [4.78, 5) is 10.5. The zero-order valence-electron chi connectivity index (χ0n) is 8.13. The van der Waals surface area contributed by atoms with Crippen LogP contribution in [0.15, 0.2) is 39.3 Å². The Hall–Kier alpha value is -1.07. The summed E-state index contributed by atoms with van der Waals surface area (Å²) < 4.78 is 5.99. The molecule has 0 N–H and O–H groups in total. The summed E-state index contributed by atoms with van der Waals surface area (Å²) in [6.45, 7) is 0. The molecule has 0 bridgehead atoms. The van der Waals surface area contributed by atoms with Crippen molar-refractivity contribution in [1.29, 1.82) is 0 Å². The van der Waals surface area contributed by atoms with Crippen molar-refractivity contribution >= 4 is 34.8 Å². The molecule has 1 aromatic heterocycles. The van der Waals surface area contributed by atoms with Gasteiger partial charge in [-0.05, 0) is 11.6 Å². The number of carbonyl (C=O) groups excluding carboxylic acids is 1. The van der Waals surface area contributed by atoms with Crippen molar-refractivity contribution in [1.82, 2.24) is 5.16 Å². The maximum atomic E-state index is 10.5. The van der Waals surface area contributed by atoms with E-state index in [0.29, 0.717) is 12.0 Å². The zero-order valence-corrected chi connectivity index (χ0v) is 10.6. The van der Waals surface area contributed by atoms with Gasteiger partial charge in [-0.3, -0.25) is 4.79 Å². The van der Waals surface area contributed by atoms with Gasteiger partial charge in [0.2, 0.25) is 0 Å². The third-order valence-corrected chi connectivity index (χ3v) is 3.39. The van der Waals surface area contributed by atoms with Crippen LogP contribution in [0.3, 0.4) is 0 Å². The molecule has 2 rings (SSSR count). The lowest BCUT2D eigenvalue weighted by Gasteiger charge is -2.08. The minimum Gasteiger partial charge on any atom is -0.359 e. The SMILES string of the molecule is O=Cc1cc(C(S)c2ccccc2Br)on1. The fourth-order valence-corrected chi connectivity index (χ4v) is 2.38. The monoisotopic (exact) mass is 297 g/mol. The first-order valence-corrected chi connectivity index (χ1v) is 5.87. The molecule has 0 radical (unpaired) electrons. The van der Waals surface area contributed by atoms with Crippen molar-refractivity contribution in [3.8, 4) is 0 Å². The molecule has 0 saturated carbocycles. The van der Waals surface area contributed by atoms with Crippen LogP contribution in [0, 0.1) is 0 Å². The molecule has 0 aliphatic heterocycles. The van der Waals surface area contributed by atoms with Gasteiger partial charge in [-0.15, -0.1) is 0 Å². The molecule has 0 fully saturated rings. The quantitative estimate of drug-likeness (QED) is 0.698. The van der Waals surface area contributed by atoms with Gasteiger partial charge in [-0.2, -0.15) is 12.6 Å². The number of aromatic nitrogens is 1. The predicted molar refractivity (Wildman–Crippen MR) is 66.9 cm³/mol. The highest BCUT2D eigenvalue weighted by Crippen LogP contribution is 2.33. The first-order valence-electron chi connectivity index (χ1n) is 4.56. The first-order chi connectivity index (χ1) is 7.72. The van der Waals surface area contributed by atoms with E-state index in [2.05, 4.69) is 33.7 Å². The van der Waals surface area contributed by atoms with Gasteiger partial charge in [0.15, 0.2) is 12.0 Å². The molecule has 16 heavy (non-hydrogen) atoms. The molecule has 3 nitrogen and oxygen atoms in total. The Labute approximate surface area is 106 Å². The standard InChI is InChI=1S/C11H8BrNO2S/c12-9-4-2-1-3-8(9)11(16)10-5-7(6-14)13-15-10/h1-6,11,16H. The molecule has 0 aliphatic rings. The van der Waals surface area contributed by atoms with E-state index in [4.69, 9.17) is 4.52 Å². The van der Waals surface area contributed by atoms with E-state index in [1.54, 1.807) is 6.07 Å². The molecule has 1 unspecified atom stereocenters. The second kappa shape index (κ2) is 4.84. The number of carbonyl (C=O) groups is 1. The Kier molecular flexibility index (Phi) is 3.46. The second-order valence-corrected chi connectivity index (χ2v) is 4.57. The Balaban J connectivity index is 2.35. The Morgan fingerprint density at radius 2 is 2.19 bits per heavy atom. The third kappa shape index (κ3) is 2.20. The highest BCUT2D eigenvalue weighted by atomic mass is 79.9. The number of benzene rings is 1. The van der Waals surface area contributed by atoms with E-state index < -0.39 is 0 Å². The van der Waals surface area contributed by atoms with E-state index in [9.17, 15) is 4.79 Å². The normalized spacial score (nSPS) is 12.4. The van der Waals surface area contributed by atoms with Gasteiger partial charge in [0.1, 0.15) is 5.69 Å². The fourth-order valence-electron chi connectivity index (χ4n) is 1.34. The van der Waals surface area contributed by atoms with E-state index in [1.165, 1.54) is 0 Å². The molecular weight excluding hydrogens is 290 g/mol. The van der Waals surface area contributed by atoms with E-state index in [1.807, 2.05) is 24.3 Å². The lowest BCUT2D eigenvalue weighted by molar-refractivity contribution is 0.111.